The molecule has 1 saturated heterocycles. The third kappa shape index (κ3) is 3.14. The summed E-state index contributed by atoms with van der Waals surface area (Å²) in [6.45, 7) is 1.67. The Labute approximate surface area is 172 Å². The number of hydrogen-bond acceptors (Lipinski definition) is 5. The first kappa shape index (κ1) is 18.5. The minimum absolute atomic E-state index is 0.235. The van der Waals surface area contributed by atoms with Crippen LogP contribution in [0.25, 0.3) is 28.0 Å². The smallest absolute Gasteiger partial charge is 0.228 e. The molecule has 6 nitrogen and oxygen atoms in total. The maximum absolute atomic E-state index is 14.7. The standard InChI is InChI=1S/C22H20F2N6/c23-14-7-6-8-15(13-14)30-20(25)18-19(16-9-2-3-10-17(16)24)26-22(27-21(18)28-30)29-11-4-1-5-12-29/h2-3,6-10,13H,1,4-5,11-12,25H2. The summed E-state index contributed by atoms with van der Waals surface area (Å²) in [5.74, 6) is -0.0655. The summed E-state index contributed by atoms with van der Waals surface area (Å²) in [5, 5.41) is 4.97. The number of aromatic nitrogens is 4. The predicted molar refractivity (Wildman–Crippen MR) is 112 cm³/mol. The number of nitrogens with two attached hydrogens (primary N) is 1. The number of nitrogens with zero attached hydrogens (tertiary/aromatic N) is 5. The summed E-state index contributed by atoms with van der Waals surface area (Å²) in [4.78, 5) is 11.4. The molecule has 8 heteroatoms. The first-order valence-electron chi connectivity index (χ1n) is 9.94. The van der Waals surface area contributed by atoms with Crippen LogP contribution in [0, 0.1) is 11.6 Å². The largest absolute Gasteiger partial charge is 0.383 e. The number of fused-ring (bicyclic) bond motifs is 1. The summed E-state index contributed by atoms with van der Waals surface area (Å²) < 4.78 is 29.9. The summed E-state index contributed by atoms with van der Waals surface area (Å²) in [5.41, 5.74) is 7.93. The zero-order valence-electron chi connectivity index (χ0n) is 16.2. The van der Waals surface area contributed by atoms with Crippen LogP contribution in [0.5, 0.6) is 0 Å². The number of nitrogen functional groups attached to an aromatic ring is 1. The van der Waals surface area contributed by atoms with Gasteiger partial charge in [-0.1, -0.05) is 18.2 Å². The third-order valence-corrected chi connectivity index (χ3v) is 5.38. The van der Waals surface area contributed by atoms with Gasteiger partial charge in [-0.3, -0.25) is 0 Å². The molecule has 152 valence electrons. The lowest BCUT2D eigenvalue weighted by atomic mass is 10.1. The van der Waals surface area contributed by atoms with Crippen LogP contribution in [0.15, 0.2) is 48.5 Å². The van der Waals surface area contributed by atoms with Gasteiger partial charge in [0.2, 0.25) is 5.95 Å². The van der Waals surface area contributed by atoms with Crippen molar-refractivity contribution in [3.05, 3.63) is 60.2 Å². The van der Waals surface area contributed by atoms with Gasteiger partial charge in [-0.05, 0) is 49.6 Å². The highest BCUT2D eigenvalue weighted by Gasteiger charge is 2.23. The second-order valence-electron chi connectivity index (χ2n) is 7.38. The SMILES string of the molecule is Nc1c2c(-c3ccccc3F)nc(N3CCCCC3)nc2nn1-c1cccc(F)c1. The van der Waals surface area contributed by atoms with E-state index < -0.39 is 11.6 Å². The molecule has 1 aliphatic rings. The van der Waals surface area contributed by atoms with Gasteiger partial charge in [0.1, 0.15) is 17.5 Å². The highest BCUT2D eigenvalue weighted by Crippen LogP contribution is 2.35. The molecule has 0 aliphatic carbocycles. The summed E-state index contributed by atoms with van der Waals surface area (Å²) >= 11 is 0. The Kier molecular flexibility index (Phi) is 4.54. The zero-order valence-corrected chi connectivity index (χ0v) is 16.2. The number of piperidine rings is 1. The van der Waals surface area contributed by atoms with Crippen LogP contribution >= 0.6 is 0 Å². The Morgan fingerprint density at radius 3 is 2.47 bits per heavy atom. The van der Waals surface area contributed by atoms with E-state index in [0.717, 1.165) is 25.9 Å². The molecule has 0 saturated carbocycles. The maximum Gasteiger partial charge on any atom is 0.228 e. The molecular weight excluding hydrogens is 386 g/mol. The highest BCUT2D eigenvalue weighted by atomic mass is 19.1. The molecule has 0 radical (unpaired) electrons. The number of benzene rings is 2. The first-order chi connectivity index (χ1) is 14.6. The molecule has 30 heavy (non-hydrogen) atoms. The Hall–Kier alpha value is -3.55. The minimum atomic E-state index is -0.403. The van der Waals surface area contributed by atoms with Gasteiger partial charge >= 0.3 is 0 Å². The Bertz CT molecular complexity index is 1230. The fraction of sp³-hybridized carbons (Fsp3) is 0.227. The van der Waals surface area contributed by atoms with E-state index in [9.17, 15) is 8.78 Å². The van der Waals surface area contributed by atoms with Crippen LogP contribution in [0.4, 0.5) is 20.5 Å². The molecule has 3 heterocycles. The lowest BCUT2D eigenvalue weighted by molar-refractivity contribution is 0.569. The zero-order chi connectivity index (χ0) is 20.7. The van der Waals surface area contributed by atoms with Crippen LogP contribution in [0.1, 0.15) is 19.3 Å². The quantitative estimate of drug-likeness (QED) is 0.548. The molecule has 1 aliphatic heterocycles. The van der Waals surface area contributed by atoms with Crippen molar-refractivity contribution in [2.24, 2.45) is 0 Å². The Morgan fingerprint density at radius 1 is 0.900 bits per heavy atom. The molecule has 1 fully saturated rings. The van der Waals surface area contributed by atoms with Gasteiger partial charge in [-0.2, -0.15) is 4.98 Å². The molecule has 0 spiro atoms. The second kappa shape index (κ2) is 7.37. The van der Waals surface area contributed by atoms with Crippen LogP contribution < -0.4 is 10.6 Å². The average Bonchev–Trinajstić information content (AvgIpc) is 3.11. The lowest BCUT2D eigenvalue weighted by Gasteiger charge is -2.26. The van der Waals surface area contributed by atoms with E-state index >= 15 is 0 Å². The number of halogens is 2. The molecular formula is C22H20F2N6. The van der Waals surface area contributed by atoms with Crippen molar-refractivity contribution >= 4 is 22.8 Å². The summed E-state index contributed by atoms with van der Waals surface area (Å²) in [6.07, 6.45) is 3.27. The van der Waals surface area contributed by atoms with Gasteiger partial charge in [0.25, 0.3) is 0 Å². The number of anilines is 2. The van der Waals surface area contributed by atoms with Crippen molar-refractivity contribution in [1.82, 2.24) is 19.7 Å². The van der Waals surface area contributed by atoms with Crippen LogP contribution in [-0.2, 0) is 0 Å². The number of rotatable bonds is 3. The molecule has 2 aromatic carbocycles. The fourth-order valence-corrected chi connectivity index (χ4v) is 3.89. The second-order valence-corrected chi connectivity index (χ2v) is 7.38. The minimum Gasteiger partial charge on any atom is -0.383 e. The highest BCUT2D eigenvalue weighted by molar-refractivity contribution is 5.99. The third-order valence-electron chi connectivity index (χ3n) is 5.38. The van der Waals surface area contributed by atoms with Crippen LogP contribution in [0.3, 0.4) is 0 Å². The number of hydrogen-bond donors (Lipinski definition) is 1. The molecule has 0 bridgehead atoms. The van der Waals surface area contributed by atoms with Crippen LogP contribution in [-0.4, -0.2) is 32.8 Å². The van der Waals surface area contributed by atoms with E-state index in [1.807, 2.05) is 0 Å². The normalized spacial score (nSPS) is 14.4. The molecule has 2 N–H and O–H groups in total. The fourth-order valence-electron chi connectivity index (χ4n) is 3.89. The van der Waals surface area contributed by atoms with E-state index in [4.69, 9.17) is 10.7 Å². The van der Waals surface area contributed by atoms with Crippen molar-refractivity contribution in [3.63, 3.8) is 0 Å². The molecule has 0 unspecified atom stereocenters. The molecule has 0 atom stereocenters. The van der Waals surface area contributed by atoms with Gasteiger partial charge < -0.3 is 10.6 Å². The van der Waals surface area contributed by atoms with Gasteiger partial charge in [0.15, 0.2) is 5.65 Å². The van der Waals surface area contributed by atoms with E-state index in [-0.39, 0.29) is 5.82 Å². The van der Waals surface area contributed by atoms with E-state index in [0.29, 0.717) is 33.9 Å². The predicted octanol–water partition coefficient (Wildman–Crippen LogP) is 4.33. The van der Waals surface area contributed by atoms with Crippen molar-refractivity contribution in [1.29, 1.82) is 0 Å². The van der Waals surface area contributed by atoms with Gasteiger partial charge in [0.05, 0.1) is 16.8 Å². The van der Waals surface area contributed by atoms with Gasteiger partial charge in [-0.25, -0.2) is 18.4 Å². The first-order valence-corrected chi connectivity index (χ1v) is 9.94. The topological polar surface area (TPSA) is 72.9 Å². The summed E-state index contributed by atoms with van der Waals surface area (Å²) in [6, 6.07) is 12.4. The van der Waals surface area contributed by atoms with Crippen molar-refractivity contribution in [3.8, 4) is 16.9 Å². The Balaban J connectivity index is 1.77. The summed E-state index contributed by atoms with van der Waals surface area (Å²) in [7, 11) is 0. The van der Waals surface area contributed by atoms with E-state index in [1.54, 1.807) is 30.3 Å². The van der Waals surface area contributed by atoms with E-state index in [2.05, 4.69) is 15.0 Å². The van der Waals surface area contributed by atoms with Gasteiger partial charge in [-0.15, -0.1) is 5.10 Å². The van der Waals surface area contributed by atoms with Crippen LogP contribution in [0.2, 0.25) is 0 Å². The van der Waals surface area contributed by atoms with E-state index in [1.165, 1.54) is 29.3 Å². The Morgan fingerprint density at radius 2 is 1.70 bits per heavy atom. The monoisotopic (exact) mass is 406 g/mol. The lowest BCUT2D eigenvalue weighted by Crippen LogP contribution is -2.31. The maximum atomic E-state index is 14.7. The van der Waals surface area contributed by atoms with Gasteiger partial charge in [0, 0.05) is 18.7 Å². The average molecular weight is 406 g/mol. The van der Waals surface area contributed by atoms with Crippen molar-refractivity contribution < 1.29 is 8.78 Å². The molecule has 5 rings (SSSR count). The van der Waals surface area contributed by atoms with Crippen molar-refractivity contribution in [2.75, 3.05) is 23.7 Å². The molecule has 0 amide bonds. The van der Waals surface area contributed by atoms with Crippen molar-refractivity contribution in [2.45, 2.75) is 19.3 Å². The molecule has 4 aromatic rings. The molecule has 2 aromatic heterocycles.